The lowest BCUT2D eigenvalue weighted by molar-refractivity contribution is 0.0948. The third-order valence-electron chi connectivity index (χ3n) is 1.09. The Bertz CT molecular complexity index is 243. The minimum atomic E-state index is -0.439. The maximum Gasteiger partial charge on any atom is 0.287 e. The standard InChI is InChI=1S/C5H7N3O2/c1-3-4(5(9)8-6)7-2-10-3/h2H,6H2,1H3,(H,8,9). The number of hydrazine groups is 1. The highest BCUT2D eigenvalue weighted by atomic mass is 16.3. The van der Waals surface area contributed by atoms with Gasteiger partial charge in [0, 0.05) is 0 Å². The van der Waals surface area contributed by atoms with Gasteiger partial charge in [-0.1, -0.05) is 0 Å². The number of nitrogens with two attached hydrogens (primary N) is 1. The zero-order chi connectivity index (χ0) is 7.56. The Morgan fingerprint density at radius 1 is 1.90 bits per heavy atom. The quantitative estimate of drug-likeness (QED) is 0.316. The Morgan fingerprint density at radius 2 is 2.60 bits per heavy atom. The summed E-state index contributed by atoms with van der Waals surface area (Å²) in [5.41, 5.74) is 2.17. The summed E-state index contributed by atoms with van der Waals surface area (Å²) in [7, 11) is 0. The van der Waals surface area contributed by atoms with Crippen LogP contribution in [-0.2, 0) is 0 Å². The number of carbonyl (C=O) groups excluding carboxylic acids is 1. The van der Waals surface area contributed by atoms with Crippen LogP contribution in [0.1, 0.15) is 16.2 Å². The first-order valence-corrected chi connectivity index (χ1v) is 2.66. The molecule has 0 aliphatic rings. The second-order valence-electron chi connectivity index (χ2n) is 1.73. The Labute approximate surface area is 57.2 Å². The van der Waals surface area contributed by atoms with Gasteiger partial charge in [0.25, 0.3) is 5.91 Å². The smallest absolute Gasteiger partial charge is 0.287 e. The van der Waals surface area contributed by atoms with Crippen molar-refractivity contribution >= 4 is 5.91 Å². The molecule has 0 aliphatic heterocycles. The molecule has 3 N–H and O–H groups in total. The molecule has 0 radical (unpaired) electrons. The van der Waals surface area contributed by atoms with E-state index in [2.05, 4.69) is 4.98 Å². The monoisotopic (exact) mass is 141 g/mol. The van der Waals surface area contributed by atoms with E-state index in [1.807, 2.05) is 5.43 Å². The number of aryl methyl sites for hydroxylation is 1. The first kappa shape index (κ1) is 6.76. The van der Waals surface area contributed by atoms with Gasteiger partial charge >= 0.3 is 0 Å². The number of rotatable bonds is 1. The van der Waals surface area contributed by atoms with Crippen molar-refractivity contribution in [2.75, 3.05) is 0 Å². The molecule has 10 heavy (non-hydrogen) atoms. The molecule has 1 rings (SSSR count). The summed E-state index contributed by atoms with van der Waals surface area (Å²) in [6.07, 6.45) is 1.19. The fourth-order valence-electron chi connectivity index (χ4n) is 0.592. The normalized spacial score (nSPS) is 9.40. The van der Waals surface area contributed by atoms with Gasteiger partial charge in [-0.3, -0.25) is 10.2 Å². The number of hydrogen-bond donors (Lipinski definition) is 2. The van der Waals surface area contributed by atoms with Gasteiger partial charge in [0.2, 0.25) is 0 Å². The molecule has 54 valence electrons. The number of nitrogens with zero attached hydrogens (tertiary/aromatic N) is 1. The van der Waals surface area contributed by atoms with Crippen LogP contribution in [0.3, 0.4) is 0 Å². The van der Waals surface area contributed by atoms with Crippen LogP contribution < -0.4 is 11.3 Å². The molecule has 0 fully saturated rings. The SMILES string of the molecule is Cc1ocnc1C(=O)NN. The van der Waals surface area contributed by atoms with Crippen molar-refractivity contribution in [1.29, 1.82) is 0 Å². The summed E-state index contributed by atoms with van der Waals surface area (Å²) >= 11 is 0. The van der Waals surface area contributed by atoms with Gasteiger partial charge < -0.3 is 4.42 Å². The Balaban J connectivity index is 2.93. The molecule has 5 heteroatoms. The molecule has 1 heterocycles. The number of aromatic nitrogens is 1. The maximum atomic E-state index is 10.7. The van der Waals surface area contributed by atoms with E-state index in [1.54, 1.807) is 6.92 Å². The van der Waals surface area contributed by atoms with Crippen LogP contribution in [0.5, 0.6) is 0 Å². The molecule has 1 aromatic heterocycles. The van der Waals surface area contributed by atoms with Crippen LogP contribution in [0.15, 0.2) is 10.8 Å². The highest BCUT2D eigenvalue weighted by Gasteiger charge is 2.10. The van der Waals surface area contributed by atoms with Gasteiger partial charge in [-0.15, -0.1) is 0 Å². The van der Waals surface area contributed by atoms with Gasteiger partial charge in [-0.25, -0.2) is 10.8 Å². The number of nitrogens with one attached hydrogen (secondary N) is 1. The number of oxazole rings is 1. The molecule has 0 aromatic carbocycles. The maximum absolute atomic E-state index is 10.7. The Morgan fingerprint density at radius 3 is 3.00 bits per heavy atom. The van der Waals surface area contributed by atoms with E-state index in [0.717, 1.165) is 0 Å². The van der Waals surface area contributed by atoms with Gasteiger partial charge in [0.05, 0.1) is 0 Å². The van der Waals surface area contributed by atoms with Crippen molar-refractivity contribution in [3.05, 3.63) is 17.8 Å². The van der Waals surface area contributed by atoms with Gasteiger partial charge in [-0.2, -0.15) is 0 Å². The second-order valence-corrected chi connectivity index (χ2v) is 1.73. The molecular weight excluding hydrogens is 134 g/mol. The first-order chi connectivity index (χ1) is 4.75. The molecular formula is C5H7N3O2. The summed E-state index contributed by atoms with van der Waals surface area (Å²) in [4.78, 5) is 14.4. The van der Waals surface area contributed by atoms with Crippen LogP contribution in [0.2, 0.25) is 0 Å². The van der Waals surface area contributed by atoms with E-state index in [-0.39, 0.29) is 5.69 Å². The van der Waals surface area contributed by atoms with Crippen molar-refractivity contribution in [3.8, 4) is 0 Å². The fraction of sp³-hybridized carbons (Fsp3) is 0.200. The topological polar surface area (TPSA) is 81.2 Å². The Hall–Kier alpha value is -1.36. The summed E-state index contributed by atoms with van der Waals surface area (Å²) in [6, 6.07) is 0. The summed E-state index contributed by atoms with van der Waals surface area (Å²) in [5.74, 6) is 4.87. The summed E-state index contributed by atoms with van der Waals surface area (Å²) in [6.45, 7) is 1.64. The van der Waals surface area contributed by atoms with Crippen LogP contribution in [-0.4, -0.2) is 10.9 Å². The lowest BCUT2D eigenvalue weighted by atomic mass is 10.3. The molecule has 0 aliphatic carbocycles. The molecule has 0 bridgehead atoms. The summed E-state index contributed by atoms with van der Waals surface area (Å²) < 4.78 is 4.76. The van der Waals surface area contributed by atoms with Gasteiger partial charge in [0.15, 0.2) is 12.1 Å². The first-order valence-electron chi connectivity index (χ1n) is 2.66. The average Bonchev–Trinajstić information content (AvgIpc) is 2.34. The van der Waals surface area contributed by atoms with E-state index in [0.29, 0.717) is 5.76 Å². The predicted molar refractivity (Wildman–Crippen MR) is 32.9 cm³/mol. The number of carbonyl (C=O) groups is 1. The summed E-state index contributed by atoms with van der Waals surface area (Å²) in [5, 5.41) is 0. The molecule has 5 nitrogen and oxygen atoms in total. The number of amides is 1. The number of hydrogen-bond acceptors (Lipinski definition) is 4. The van der Waals surface area contributed by atoms with Gasteiger partial charge in [-0.05, 0) is 6.92 Å². The van der Waals surface area contributed by atoms with Crippen molar-refractivity contribution in [2.24, 2.45) is 5.84 Å². The van der Waals surface area contributed by atoms with E-state index >= 15 is 0 Å². The largest absolute Gasteiger partial charge is 0.448 e. The van der Waals surface area contributed by atoms with Crippen LogP contribution in [0.4, 0.5) is 0 Å². The van der Waals surface area contributed by atoms with E-state index in [9.17, 15) is 4.79 Å². The molecule has 0 saturated heterocycles. The van der Waals surface area contributed by atoms with Crippen LogP contribution in [0, 0.1) is 6.92 Å². The third-order valence-corrected chi connectivity index (χ3v) is 1.09. The predicted octanol–water partition coefficient (Wildman–Crippen LogP) is -0.413. The number of nitrogen functional groups attached to an aromatic ring is 1. The van der Waals surface area contributed by atoms with Crippen molar-refractivity contribution in [1.82, 2.24) is 10.4 Å². The van der Waals surface area contributed by atoms with Crippen molar-refractivity contribution in [3.63, 3.8) is 0 Å². The lowest BCUT2D eigenvalue weighted by Gasteiger charge is -1.92. The van der Waals surface area contributed by atoms with Crippen LogP contribution >= 0.6 is 0 Å². The molecule has 0 spiro atoms. The van der Waals surface area contributed by atoms with E-state index in [4.69, 9.17) is 10.3 Å². The Kier molecular flexibility index (Phi) is 1.68. The second kappa shape index (κ2) is 2.49. The molecule has 1 amide bonds. The molecule has 0 unspecified atom stereocenters. The highest BCUT2D eigenvalue weighted by Crippen LogP contribution is 2.02. The van der Waals surface area contributed by atoms with Crippen molar-refractivity contribution < 1.29 is 9.21 Å². The van der Waals surface area contributed by atoms with E-state index in [1.165, 1.54) is 6.39 Å². The zero-order valence-electron chi connectivity index (χ0n) is 5.42. The zero-order valence-corrected chi connectivity index (χ0v) is 5.42. The van der Waals surface area contributed by atoms with Crippen LogP contribution in [0.25, 0.3) is 0 Å². The lowest BCUT2D eigenvalue weighted by Crippen LogP contribution is -2.30. The minimum absolute atomic E-state index is 0.225. The molecule has 1 aromatic rings. The fourth-order valence-corrected chi connectivity index (χ4v) is 0.592. The average molecular weight is 141 g/mol. The third kappa shape index (κ3) is 0.985. The van der Waals surface area contributed by atoms with Gasteiger partial charge in [0.1, 0.15) is 5.76 Å². The van der Waals surface area contributed by atoms with E-state index < -0.39 is 5.91 Å². The highest BCUT2D eigenvalue weighted by molar-refractivity contribution is 5.92. The minimum Gasteiger partial charge on any atom is -0.448 e. The molecule has 0 atom stereocenters. The molecule has 0 saturated carbocycles. The van der Waals surface area contributed by atoms with Crippen molar-refractivity contribution in [2.45, 2.75) is 6.92 Å².